The van der Waals surface area contributed by atoms with E-state index < -0.39 is 0 Å². The summed E-state index contributed by atoms with van der Waals surface area (Å²) in [6.07, 6.45) is 1.62. The Morgan fingerprint density at radius 2 is 2.04 bits per heavy atom. The summed E-state index contributed by atoms with van der Waals surface area (Å²) in [7, 11) is 0. The summed E-state index contributed by atoms with van der Waals surface area (Å²) in [6.45, 7) is 8.51. The maximum atomic E-state index is 12.9. The monoisotopic (exact) mass is 357 g/mol. The summed E-state index contributed by atoms with van der Waals surface area (Å²) < 4.78 is 12.9. The minimum atomic E-state index is -0.239. The Balaban J connectivity index is 0.00000288. The van der Waals surface area contributed by atoms with Gasteiger partial charge in [0.05, 0.1) is 6.04 Å². The highest BCUT2D eigenvalue weighted by Crippen LogP contribution is 2.28. The Morgan fingerprint density at radius 1 is 1.42 bits per heavy atom. The molecule has 1 aliphatic rings. The smallest absolute Gasteiger partial charge is 0.237 e. The van der Waals surface area contributed by atoms with Crippen LogP contribution in [0.4, 0.5) is 4.39 Å². The van der Waals surface area contributed by atoms with Crippen molar-refractivity contribution in [2.24, 2.45) is 11.1 Å². The van der Waals surface area contributed by atoms with Crippen molar-refractivity contribution >= 4 is 18.3 Å². The van der Waals surface area contributed by atoms with Crippen LogP contribution < -0.4 is 11.1 Å². The Kier molecular flexibility index (Phi) is 7.64. The Hall–Kier alpha value is -1.17. The molecule has 1 fully saturated rings. The van der Waals surface area contributed by atoms with Gasteiger partial charge in [-0.25, -0.2) is 4.39 Å². The highest BCUT2D eigenvalue weighted by molar-refractivity contribution is 5.85. The second-order valence-corrected chi connectivity index (χ2v) is 7.20. The number of hydrogen-bond acceptors (Lipinski definition) is 3. The highest BCUT2D eigenvalue weighted by Gasteiger charge is 2.36. The molecule has 0 radical (unpaired) electrons. The lowest BCUT2D eigenvalue weighted by molar-refractivity contribution is -0.127. The van der Waals surface area contributed by atoms with Crippen LogP contribution in [0.5, 0.6) is 0 Å². The quantitative estimate of drug-likeness (QED) is 0.850. The molecule has 4 nitrogen and oxygen atoms in total. The molecule has 1 heterocycles. The average Bonchev–Trinajstić information content (AvgIpc) is 2.51. The lowest BCUT2D eigenvalue weighted by atomic mass is 9.79. The number of likely N-dealkylation sites (tertiary alicyclic amines) is 1. The molecule has 2 atom stereocenters. The first-order valence-electron chi connectivity index (χ1n) is 8.31. The fourth-order valence-electron chi connectivity index (χ4n) is 3.04. The summed E-state index contributed by atoms with van der Waals surface area (Å²) in [6, 6.07) is 6.42. The Morgan fingerprint density at radius 3 is 2.62 bits per heavy atom. The van der Waals surface area contributed by atoms with Crippen LogP contribution in [-0.4, -0.2) is 42.5 Å². The molecule has 24 heavy (non-hydrogen) atoms. The zero-order chi connectivity index (χ0) is 17.0. The van der Waals surface area contributed by atoms with Gasteiger partial charge in [-0.05, 0) is 42.9 Å². The van der Waals surface area contributed by atoms with Crippen molar-refractivity contribution in [3.05, 3.63) is 35.6 Å². The molecule has 6 heteroatoms. The van der Waals surface area contributed by atoms with Crippen molar-refractivity contribution in [3.8, 4) is 0 Å². The number of carbonyl (C=O) groups excluding carboxylic acids is 1. The van der Waals surface area contributed by atoms with Crippen LogP contribution in [0.25, 0.3) is 0 Å². The Bertz CT molecular complexity index is 536. The van der Waals surface area contributed by atoms with E-state index in [4.69, 9.17) is 5.73 Å². The number of hydrogen-bond donors (Lipinski definition) is 2. The maximum absolute atomic E-state index is 12.9. The first-order valence-corrected chi connectivity index (χ1v) is 8.31. The predicted octanol–water partition coefficient (Wildman–Crippen LogP) is 2.35. The fourth-order valence-corrected chi connectivity index (χ4v) is 3.04. The number of nitrogens with zero attached hydrogens (tertiary/aromatic N) is 1. The van der Waals surface area contributed by atoms with Crippen molar-refractivity contribution < 1.29 is 9.18 Å². The minimum Gasteiger partial charge on any atom is -0.354 e. The third-order valence-corrected chi connectivity index (χ3v) is 4.90. The van der Waals surface area contributed by atoms with Gasteiger partial charge in [-0.3, -0.25) is 9.69 Å². The molecule has 2 unspecified atom stereocenters. The SMILES string of the molecule is CC(C(=O)NCCc1ccc(F)cc1)N1CCC(N)C(C)(C)C1.Cl. The molecule has 1 aromatic rings. The number of nitrogens with two attached hydrogens (primary N) is 1. The molecule has 0 saturated carbocycles. The van der Waals surface area contributed by atoms with Crippen LogP contribution in [0.3, 0.4) is 0 Å². The number of carbonyl (C=O) groups is 1. The van der Waals surface area contributed by atoms with E-state index in [0.717, 1.165) is 25.1 Å². The van der Waals surface area contributed by atoms with Crippen LogP contribution in [0.15, 0.2) is 24.3 Å². The van der Waals surface area contributed by atoms with Gasteiger partial charge in [-0.1, -0.05) is 26.0 Å². The second-order valence-electron chi connectivity index (χ2n) is 7.20. The van der Waals surface area contributed by atoms with Gasteiger partial charge in [0.1, 0.15) is 5.82 Å². The summed E-state index contributed by atoms with van der Waals surface area (Å²) in [4.78, 5) is 14.5. The number of benzene rings is 1. The average molecular weight is 358 g/mol. The predicted molar refractivity (Wildman–Crippen MR) is 97.8 cm³/mol. The van der Waals surface area contributed by atoms with E-state index in [-0.39, 0.29) is 41.6 Å². The summed E-state index contributed by atoms with van der Waals surface area (Å²) in [5.74, 6) is -0.198. The molecule has 1 amide bonds. The van der Waals surface area contributed by atoms with Gasteiger partial charge >= 0.3 is 0 Å². The van der Waals surface area contributed by atoms with E-state index in [0.29, 0.717) is 13.0 Å². The van der Waals surface area contributed by atoms with Gasteiger partial charge in [0.15, 0.2) is 0 Å². The maximum Gasteiger partial charge on any atom is 0.237 e. The van der Waals surface area contributed by atoms with Crippen LogP contribution in [0.2, 0.25) is 0 Å². The molecule has 0 spiro atoms. The largest absolute Gasteiger partial charge is 0.354 e. The van der Waals surface area contributed by atoms with E-state index in [1.807, 2.05) is 6.92 Å². The van der Waals surface area contributed by atoms with Crippen molar-refractivity contribution in [1.82, 2.24) is 10.2 Å². The summed E-state index contributed by atoms with van der Waals surface area (Å²) >= 11 is 0. The topological polar surface area (TPSA) is 58.4 Å². The fraction of sp³-hybridized carbons (Fsp3) is 0.611. The van der Waals surface area contributed by atoms with E-state index >= 15 is 0 Å². The molecule has 2 rings (SSSR count). The Labute approximate surface area is 150 Å². The molecule has 136 valence electrons. The number of halogens is 2. The molecule has 1 saturated heterocycles. The first kappa shape index (κ1) is 20.9. The second kappa shape index (κ2) is 8.79. The molecular weight excluding hydrogens is 329 g/mol. The zero-order valence-corrected chi connectivity index (χ0v) is 15.5. The van der Waals surface area contributed by atoms with Crippen molar-refractivity contribution in [3.63, 3.8) is 0 Å². The summed E-state index contributed by atoms with van der Waals surface area (Å²) in [5.41, 5.74) is 7.20. The third kappa shape index (κ3) is 5.43. The normalized spacial score (nSPS) is 21.6. The molecule has 0 bridgehead atoms. The number of amides is 1. The van der Waals surface area contributed by atoms with Gasteiger partial charge in [-0.15, -0.1) is 12.4 Å². The first-order chi connectivity index (χ1) is 10.8. The van der Waals surface area contributed by atoms with Crippen LogP contribution in [-0.2, 0) is 11.2 Å². The zero-order valence-electron chi connectivity index (χ0n) is 14.7. The van der Waals surface area contributed by atoms with E-state index in [1.165, 1.54) is 12.1 Å². The van der Waals surface area contributed by atoms with Crippen LogP contribution in [0, 0.1) is 11.2 Å². The lowest BCUT2D eigenvalue weighted by Crippen LogP contribution is -2.57. The van der Waals surface area contributed by atoms with Crippen molar-refractivity contribution in [2.45, 2.75) is 45.7 Å². The number of piperidine rings is 1. The van der Waals surface area contributed by atoms with Crippen LogP contribution in [0.1, 0.15) is 32.8 Å². The van der Waals surface area contributed by atoms with E-state index in [2.05, 4.69) is 24.1 Å². The molecule has 1 aromatic carbocycles. The van der Waals surface area contributed by atoms with Gasteiger partial charge in [0.2, 0.25) is 5.91 Å². The lowest BCUT2D eigenvalue weighted by Gasteiger charge is -2.44. The molecular formula is C18H29ClFN3O. The van der Waals surface area contributed by atoms with Crippen molar-refractivity contribution in [2.75, 3.05) is 19.6 Å². The standard InChI is InChI=1S/C18H28FN3O.ClH/c1-13(22-11-9-16(20)18(2,3)12-22)17(23)21-10-8-14-4-6-15(19)7-5-14;/h4-7,13,16H,8-12,20H2,1-3H3,(H,21,23);1H. The highest BCUT2D eigenvalue weighted by atomic mass is 35.5. The van der Waals surface area contributed by atoms with Gasteiger partial charge < -0.3 is 11.1 Å². The molecule has 0 aliphatic carbocycles. The van der Waals surface area contributed by atoms with Gasteiger partial charge in [-0.2, -0.15) is 0 Å². The number of nitrogens with one attached hydrogen (secondary N) is 1. The van der Waals surface area contributed by atoms with E-state index in [9.17, 15) is 9.18 Å². The van der Waals surface area contributed by atoms with Crippen LogP contribution >= 0.6 is 12.4 Å². The van der Waals surface area contributed by atoms with Gasteiger partial charge in [0, 0.05) is 25.7 Å². The van der Waals surface area contributed by atoms with E-state index in [1.54, 1.807) is 12.1 Å². The third-order valence-electron chi connectivity index (χ3n) is 4.90. The number of rotatable bonds is 5. The molecule has 3 N–H and O–H groups in total. The molecule has 0 aromatic heterocycles. The van der Waals surface area contributed by atoms with Crippen molar-refractivity contribution in [1.29, 1.82) is 0 Å². The minimum absolute atomic E-state index is 0. The van der Waals surface area contributed by atoms with Gasteiger partial charge in [0.25, 0.3) is 0 Å². The molecule has 1 aliphatic heterocycles. The summed E-state index contributed by atoms with van der Waals surface area (Å²) in [5, 5.41) is 2.98.